The van der Waals surface area contributed by atoms with E-state index in [4.69, 9.17) is 24.7 Å². The van der Waals surface area contributed by atoms with Gasteiger partial charge in [0.25, 0.3) is 0 Å². The largest absolute Gasteiger partial charge is 0.373 e. The van der Waals surface area contributed by atoms with E-state index in [0.717, 1.165) is 54.2 Å². The first kappa shape index (κ1) is 31.2. The summed E-state index contributed by atoms with van der Waals surface area (Å²) < 4.78 is 15.4. The minimum Gasteiger partial charge on any atom is -0.345 e. The van der Waals surface area contributed by atoms with Gasteiger partial charge < -0.3 is 14.7 Å². The molecule has 0 aliphatic carbocycles. The Kier molecular flexibility index (Phi) is 9.36. The van der Waals surface area contributed by atoms with Crippen LogP contribution in [0.15, 0.2) is 24.3 Å². The number of fused-ring (bicyclic) bond motifs is 1. The molecule has 2 aliphatic rings. The molecule has 15 heteroatoms. The van der Waals surface area contributed by atoms with Crippen LogP contribution in [0.2, 0.25) is 0 Å². The zero-order valence-electron chi connectivity index (χ0n) is 24.9. The SMILES string of the molecule is CCc1nc2sc(N3CC[C@@H](N(C)CC(=O)N4CC(C)C4)C3)nn2c1N(C)c1nc(-c2ccc(F)cc2)c(C#N)s1.O=C=O. The molecule has 5 heterocycles. The second kappa shape index (κ2) is 13.2. The van der Waals surface area contributed by atoms with Crippen LogP contribution in [-0.2, 0) is 20.8 Å². The number of amides is 1. The maximum atomic E-state index is 13.5. The number of hydrogen-bond donors (Lipinski definition) is 0. The van der Waals surface area contributed by atoms with Crippen LogP contribution in [-0.4, -0.2) is 94.3 Å². The Labute approximate surface area is 261 Å². The van der Waals surface area contributed by atoms with E-state index in [-0.39, 0.29) is 23.9 Å². The van der Waals surface area contributed by atoms with E-state index < -0.39 is 0 Å². The summed E-state index contributed by atoms with van der Waals surface area (Å²) >= 11 is 2.84. The molecular weight excluding hydrogens is 606 g/mol. The predicted molar refractivity (Wildman–Crippen MR) is 165 cm³/mol. The Hall–Kier alpha value is -4.22. The van der Waals surface area contributed by atoms with Crippen LogP contribution in [0.25, 0.3) is 16.2 Å². The normalized spacial score (nSPS) is 16.4. The molecule has 12 nitrogen and oxygen atoms in total. The Morgan fingerprint density at radius 3 is 2.48 bits per heavy atom. The third kappa shape index (κ3) is 6.20. The van der Waals surface area contributed by atoms with Crippen molar-refractivity contribution in [3.8, 4) is 17.3 Å². The Morgan fingerprint density at radius 2 is 1.84 bits per heavy atom. The molecule has 0 radical (unpaired) electrons. The fraction of sp³-hybridized carbons (Fsp3) is 0.448. The first-order valence-corrected chi connectivity index (χ1v) is 15.8. The van der Waals surface area contributed by atoms with Gasteiger partial charge in [-0.05, 0) is 50.1 Å². The Bertz CT molecular complexity index is 1720. The van der Waals surface area contributed by atoms with Gasteiger partial charge in [0.2, 0.25) is 16.0 Å². The van der Waals surface area contributed by atoms with Crippen molar-refractivity contribution < 1.29 is 18.8 Å². The van der Waals surface area contributed by atoms with Crippen LogP contribution in [0.1, 0.15) is 30.8 Å². The molecule has 1 aromatic carbocycles. The van der Waals surface area contributed by atoms with Crippen LogP contribution in [0.5, 0.6) is 0 Å². The lowest BCUT2D eigenvalue weighted by Gasteiger charge is -2.38. The fourth-order valence-electron chi connectivity index (χ4n) is 5.51. The monoisotopic (exact) mass is 637 g/mol. The highest BCUT2D eigenvalue weighted by atomic mass is 32.1. The molecule has 1 amide bonds. The minimum atomic E-state index is -0.334. The summed E-state index contributed by atoms with van der Waals surface area (Å²) in [6.07, 6.45) is 1.93. The van der Waals surface area contributed by atoms with Crippen LogP contribution in [0.3, 0.4) is 0 Å². The molecule has 0 spiro atoms. The number of aromatic nitrogens is 4. The van der Waals surface area contributed by atoms with E-state index in [2.05, 4.69) is 29.7 Å². The second-order valence-electron chi connectivity index (χ2n) is 11.0. The number of nitrogens with zero attached hydrogens (tertiary/aromatic N) is 9. The van der Waals surface area contributed by atoms with Crippen LogP contribution in [0, 0.1) is 23.1 Å². The van der Waals surface area contributed by atoms with E-state index in [9.17, 15) is 14.4 Å². The van der Waals surface area contributed by atoms with Gasteiger partial charge in [-0.3, -0.25) is 9.69 Å². The molecule has 0 bridgehead atoms. The molecule has 0 N–H and O–H groups in total. The van der Waals surface area contributed by atoms with Crippen molar-refractivity contribution in [2.45, 2.75) is 32.7 Å². The van der Waals surface area contributed by atoms with Gasteiger partial charge in [0.1, 0.15) is 22.5 Å². The van der Waals surface area contributed by atoms with Gasteiger partial charge in [-0.2, -0.15) is 19.4 Å². The van der Waals surface area contributed by atoms with Gasteiger partial charge in [-0.15, -0.1) is 5.10 Å². The number of carbonyl (C=O) groups excluding carboxylic acids is 3. The molecule has 230 valence electrons. The number of imidazole rings is 1. The molecule has 2 saturated heterocycles. The van der Waals surface area contributed by atoms with E-state index in [1.807, 2.05) is 28.4 Å². The number of likely N-dealkylation sites (N-methyl/N-ethyl adjacent to an activating group) is 1. The van der Waals surface area contributed by atoms with Crippen LogP contribution >= 0.6 is 22.7 Å². The van der Waals surface area contributed by atoms with E-state index in [0.29, 0.717) is 40.1 Å². The summed E-state index contributed by atoms with van der Waals surface area (Å²) in [5, 5.41) is 16.3. The molecule has 4 aromatic rings. The van der Waals surface area contributed by atoms with Crippen LogP contribution < -0.4 is 9.80 Å². The van der Waals surface area contributed by atoms with Crippen molar-refractivity contribution in [2.24, 2.45) is 5.92 Å². The van der Waals surface area contributed by atoms with E-state index in [1.165, 1.54) is 23.5 Å². The summed E-state index contributed by atoms with van der Waals surface area (Å²) in [5.74, 6) is 1.30. The fourth-order valence-corrected chi connectivity index (χ4v) is 7.31. The van der Waals surface area contributed by atoms with Crippen molar-refractivity contribution in [1.82, 2.24) is 29.4 Å². The number of halogens is 1. The standard InChI is InChI=1S/C28H32FN9OS2.CO2/c1-5-21-25(35(4)26-32-24(22(12-30)40-26)18-6-8-19(29)9-7-18)38-27(31-21)41-28(33-38)36-11-10-20(15-36)34(3)16-23(39)37-13-17(2)14-37;2-1-3/h6-9,17,20H,5,10-11,13-16H2,1-4H3;/t20-;/m1./s1. The molecule has 1 atom stereocenters. The van der Waals surface area contributed by atoms with E-state index in [1.54, 1.807) is 23.5 Å². The van der Waals surface area contributed by atoms with Gasteiger partial charge in [-0.25, -0.2) is 14.4 Å². The highest BCUT2D eigenvalue weighted by molar-refractivity contribution is 7.20. The topological polar surface area (TPSA) is 131 Å². The first-order valence-electron chi connectivity index (χ1n) is 14.2. The van der Waals surface area contributed by atoms with Crippen molar-refractivity contribution in [3.05, 3.63) is 40.7 Å². The predicted octanol–water partition coefficient (Wildman–Crippen LogP) is 3.66. The number of carbonyl (C=O) groups is 1. The number of nitriles is 1. The number of aryl methyl sites for hydroxylation is 1. The number of likely N-dealkylation sites (tertiary alicyclic amines) is 1. The lowest BCUT2D eigenvalue weighted by molar-refractivity contribution is -0.191. The zero-order valence-corrected chi connectivity index (χ0v) is 26.5. The molecule has 44 heavy (non-hydrogen) atoms. The Morgan fingerprint density at radius 1 is 1.14 bits per heavy atom. The van der Waals surface area contributed by atoms with Gasteiger partial charge >= 0.3 is 6.15 Å². The summed E-state index contributed by atoms with van der Waals surface area (Å²) in [6.45, 7) is 8.08. The molecular formula is C29H32FN9O3S2. The Balaban J connectivity index is 0.00000123. The lowest BCUT2D eigenvalue weighted by atomic mass is 10.0. The average Bonchev–Trinajstić information content (AvgIpc) is 3.78. The molecule has 3 aromatic heterocycles. The highest BCUT2D eigenvalue weighted by Gasteiger charge is 2.33. The zero-order chi connectivity index (χ0) is 31.5. The summed E-state index contributed by atoms with van der Waals surface area (Å²) in [4.78, 5) is 48.1. The number of rotatable bonds is 8. The number of benzene rings is 1. The number of anilines is 3. The smallest absolute Gasteiger partial charge is 0.345 e. The molecule has 2 aliphatic heterocycles. The maximum absolute atomic E-state index is 13.5. The van der Waals surface area contributed by atoms with E-state index >= 15 is 0 Å². The molecule has 0 unspecified atom stereocenters. The van der Waals surface area contributed by atoms with Gasteiger partial charge in [0.05, 0.1) is 12.2 Å². The average molecular weight is 638 g/mol. The van der Waals surface area contributed by atoms with Gasteiger partial charge in [0.15, 0.2) is 10.9 Å². The third-order valence-electron chi connectivity index (χ3n) is 7.87. The molecule has 2 fully saturated rings. The minimum absolute atomic E-state index is 0.209. The maximum Gasteiger partial charge on any atom is 0.373 e. The quantitative estimate of drug-likeness (QED) is 0.282. The van der Waals surface area contributed by atoms with Crippen LogP contribution in [0.4, 0.5) is 20.5 Å². The third-order valence-corrected chi connectivity index (χ3v) is 9.88. The first-order chi connectivity index (χ1) is 21.2. The summed E-state index contributed by atoms with van der Waals surface area (Å²) in [6, 6.07) is 8.54. The van der Waals surface area contributed by atoms with Crippen molar-refractivity contribution >= 4 is 55.8 Å². The van der Waals surface area contributed by atoms with Gasteiger partial charge in [0, 0.05) is 44.8 Å². The summed E-state index contributed by atoms with van der Waals surface area (Å²) in [5.41, 5.74) is 2.12. The van der Waals surface area contributed by atoms with Crippen molar-refractivity contribution in [2.75, 3.05) is 56.6 Å². The number of hydrogen-bond acceptors (Lipinski definition) is 12. The second-order valence-corrected chi connectivity index (χ2v) is 12.9. The van der Waals surface area contributed by atoms with Crippen molar-refractivity contribution in [3.63, 3.8) is 0 Å². The van der Waals surface area contributed by atoms with Gasteiger partial charge in [-0.1, -0.05) is 36.5 Å². The van der Waals surface area contributed by atoms with Crippen molar-refractivity contribution in [1.29, 1.82) is 5.26 Å². The summed E-state index contributed by atoms with van der Waals surface area (Å²) in [7, 11) is 3.95. The lowest BCUT2D eigenvalue weighted by Crippen LogP contribution is -2.52. The number of thiazole rings is 1. The molecule has 0 saturated carbocycles. The molecule has 6 rings (SSSR count). The highest BCUT2D eigenvalue weighted by Crippen LogP contribution is 2.38.